The molecule has 1 saturated carbocycles. The summed E-state index contributed by atoms with van der Waals surface area (Å²) in [4.78, 5) is 10.8. The van der Waals surface area contributed by atoms with Gasteiger partial charge in [-0.3, -0.25) is 0 Å². The molecule has 4 nitrogen and oxygen atoms in total. The minimum Gasteiger partial charge on any atom is -0.478 e. The van der Waals surface area contributed by atoms with Crippen LogP contribution in [0.1, 0.15) is 38.1 Å². The van der Waals surface area contributed by atoms with Crippen LogP contribution < -0.4 is 11.1 Å². The molecular weight excluding hydrogens is 259 g/mol. The van der Waals surface area contributed by atoms with Gasteiger partial charge in [-0.15, -0.1) is 0 Å². The van der Waals surface area contributed by atoms with Gasteiger partial charge in [0, 0.05) is 6.54 Å². The molecule has 0 aromatic heterocycles. The highest BCUT2D eigenvalue weighted by Gasteiger charge is 2.64. The molecule has 0 bridgehead atoms. The Hall–Kier alpha value is -1.78. The van der Waals surface area contributed by atoms with Crippen molar-refractivity contribution in [1.82, 2.24) is 0 Å². The normalized spacial score (nSPS) is 19.6. The summed E-state index contributed by atoms with van der Waals surface area (Å²) < 4.78 is 13.6. The number of carbonyl (C=O) groups is 1. The molecule has 20 heavy (non-hydrogen) atoms. The number of benzene rings is 1. The van der Waals surface area contributed by atoms with E-state index in [0.717, 1.165) is 12.1 Å². The van der Waals surface area contributed by atoms with Gasteiger partial charge in [-0.05, 0) is 28.9 Å². The monoisotopic (exact) mass is 280 g/mol. The zero-order valence-corrected chi connectivity index (χ0v) is 12.2. The van der Waals surface area contributed by atoms with Crippen molar-refractivity contribution in [3.8, 4) is 0 Å². The lowest BCUT2D eigenvalue weighted by Crippen LogP contribution is -2.11. The van der Waals surface area contributed by atoms with Gasteiger partial charge in [-0.25, -0.2) is 9.18 Å². The maximum atomic E-state index is 13.6. The molecule has 1 fully saturated rings. The average molecular weight is 280 g/mol. The van der Waals surface area contributed by atoms with Crippen molar-refractivity contribution >= 4 is 17.3 Å². The van der Waals surface area contributed by atoms with E-state index in [9.17, 15) is 9.18 Å². The molecule has 0 unspecified atom stereocenters. The molecule has 4 N–H and O–H groups in total. The van der Waals surface area contributed by atoms with Gasteiger partial charge in [0.25, 0.3) is 0 Å². The van der Waals surface area contributed by atoms with E-state index in [1.165, 1.54) is 0 Å². The molecule has 1 aliphatic carbocycles. The minimum absolute atomic E-state index is 0.230. The van der Waals surface area contributed by atoms with Crippen LogP contribution in [0.15, 0.2) is 12.1 Å². The number of anilines is 2. The fraction of sp³-hybridized carbons (Fsp3) is 0.533. The van der Waals surface area contributed by atoms with Crippen LogP contribution in [0.3, 0.4) is 0 Å². The zero-order chi connectivity index (χ0) is 15.3. The van der Waals surface area contributed by atoms with E-state index >= 15 is 0 Å². The number of carboxylic acid groups (broad SMARTS) is 1. The first-order valence-corrected chi connectivity index (χ1v) is 6.65. The van der Waals surface area contributed by atoms with Crippen LogP contribution in [0, 0.1) is 22.6 Å². The molecule has 0 heterocycles. The average Bonchev–Trinajstić information content (AvgIpc) is 2.70. The molecule has 0 atom stereocenters. The van der Waals surface area contributed by atoms with Gasteiger partial charge in [0.05, 0.1) is 16.9 Å². The number of rotatable bonds is 4. The Bertz CT molecular complexity index is 553. The van der Waals surface area contributed by atoms with Gasteiger partial charge in [-0.1, -0.05) is 27.7 Å². The third-order valence-corrected chi connectivity index (χ3v) is 5.19. The predicted octanol–water partition coefficient (Wildman–Crippen LogP) is 3.20. The van der Waals surface area contributed by atoms with E-state index in [1.807, 2.05) is 0 Å². The topological polar surface area (TPSA) is 75.3 Å². The molecule has 5 heteroatoms. The molecule has 0 amide bonds. The van der Waals surface area contributed by atoms with E-state index in [-0.39, 0.29) is 16.5 Å². The number of hydrogen-bond acceptors (Lipinski definition) is 3. The number of nitrogen functional groups attached to an aromatic ring is 1. The Labute approximate surface area is 118 Å². The quantitative estimate of drug-likeness (QED) is 0.740. The van der Waals surface area contributed by atoms with E-state index in [2.05, 4.69) is 33.0 Å². The van der Waals surface area contributed by atoms with E-state index in [0.29, 0.717) is 18.2 Å². The minimum atomic E-state index is -1.31. The summed E-state index contributed by atoms with van der Waals surface area (Å²) >= 11 is 0. The molecule has 2 rings (SSSR count). The number of carboxylic acids is 1. The fourth-order valence-electron chi connectivity index (χ4n) is 2.96. The maximum absolute atomic E-state index is 13.6. The van der Waals surface area contributed by atoms with Crippen LogP contribution in [0.25, 0.3) is 0 Å². The Balaban J connectivity index is 2.12. The van der Waals surface area contributed by atoms with Crippen molar-refractivity contribution in [3.05, 3.63) is 23.5 Å². The van der Waals surface area contributed by atoms with Crippen molar-refractivity contribution in [2.75, 3.05) is 17.6 Å². The van der Waals surface area contributed by atoms with Crippen LogP contribution in [0.4, 0.5) is 15.8 Å². The summed E-state index contributed by atoms with van der Waals surface area (Å²) in [6.07, 6.45) is 0. The van der Waals surface area contributed by atoms with E-state index in [4.69, 9.17) is 10.8 Å². The Morgan fingerprint density at radius 3 is 2.35 bits per heavy atom. The third kappa shape index (κ3) is 2.11. The van der Waals surface area contributed by atoms with Gasteiger partial charge in [0.2, 0.25) is 0 Å². The number of halogens is 1. The summed E-state index contributed by atoms with van der Waals surface area (Å²) in [5.74, 6) is -1.62. The van der Waals surface area contributed by atoms with Crippen LogP contribution in [0.5, 0.6) is 0 Å². The van der Waals surface area contributed by atoms with E-state index in [1.54, 1.807) is 0 Å². The van der Waals surface area contributed by atoms with Crippen molar-refractivity contribution in [1.29, 1.82) is 0 Å². The van der Waals surface area contributed by atoms with Gasteiger partial charge in [0.1, 0.15) is 5.82 Å². The highest BCUT2D eigenvalue weighted by Crippen LogP contribution is 2.68. The summed E-state index contributed by atoms with van der Waals surface area (Å²) in [5.41, 5.74) is 6.54. The lowest BCUT2D eigenvalue weighted by Gasteiger charge is -2.11. The fourth-order valence-corrected chi connectivity index (χ4v) is 2.96. The summed E-state index contributed by atoms with van der Waals surface area (Å²) in [5, 5.41) is 12.0. The smallest absolute Gasteiger partial charge is 0.338 e. The summed E-state index contributed by atoms with van der Waals surface area (Å²) in [6, 6.07) is 2.31. The second-order valence-electron chi connectivity index (χ2n) is 6.60. The first kappa shape index (κ1) is 14.6. The number of hydrogen-bond donors (Lipinski definition) is 3. The third-order valence-electron chi connectivity index (χ3n) is 5.19. The second kappa shape index (κ2) is 4.36. The summed E-state index contributed by atoms with van der Waals surface area (Å²) in [7, 11) is 0. The van der Waals surface area contributed by atoms with Crippen molar-refractivity contribution in [3.63, 3.8) is 0 Å². The molecule has 0 aliphatic heterocycles. The molecule has 0 radical (unpaired) electrons. The Morgan fingerprint density at radius 1 is 1.35 bits per heavy atom. The van der Waals surface area contributed by atoms with Gasteiger partial charge in [-0.2, -0.15) is 0 Å². The molecule has 0 spiro atoms. The van der Waals surface area contributed by atoms with Crippen LogP contribution in [-0.2, 0) is 0 Å². The second-order valence-corrected chi connectivity index (χ2v) is 6.60. The highest BCUT2D eigenvalue weighted by molar-refractivity contribution is 5.90. The lowest BCUT2D eigenvalue weighted by atomic mass is 10.0. The molecule has 110 valence electrons. The van der Waals surface area contributed by atoms with E-state index < -0.39 is 17.3 Å². The number of nitrogens with one attached hydrogen (secondary N) is 1. The van der Waals surface area contributed by atoms with Crippen LogP contribution >= 0.6 is 0 Å². The van der Waals surface area contributed by atoms with Crippen molar-refractivity contribution in [2.45, 2.75) is 27.7 Å². The van der Waals surface area contributed by atoms with Crippen molar-refractivity contribution < 1.29 is 14.3 Å². The lowest BCUT2D eigenvalue weighted by molar-refractivity contribution is 0.0692. The maximum Gasteiger partial charge on any atom is 0.338 e. The number of aromatic carboxylic acids is 1. The first-order chi connectivity index (χ1) is 9.09. The first-order valence-electron chi connectivity index (χ1n) is 6.65. The van der Waals surface area contributed by atoms with Gasteiger partial charge in [0.15, 0.2) is 0 Å². The SMILES string of the molecule is CC1(C)C(CNc2cc(F)c(C(=O)O)cc2N)C1(C)C. The molecule has 1 aromatic carbocycles. The molecule has 1 aliphatic rings. The predicted molar refractivity (Wildman–Crippen MR) is 77.3 cm³/mol. The largest absolute Gasteiger partial charge is 0.478 e. The van der Waals surface area contributed by atoms with Crippen molar-refractivity contribution in [2.24, 2.45) is 16.7 Å². The standard InChI is InChI=1S/C15H21FN2O2/c1-14(2)12(15(14,3)4)7-18-11-6-9(16)8(13(19)20)5-10(11)17/h5-6,12,18H,7,17H2,1-4H3,(H,19,20). The van der Waals surface area contributed by atoms with Gasteiger partial charge < -0.3 is 16.2 Å². The molecule has 1 aromatic rings. The molecular formula is C15H21FN2O2. The number of nitrogens with two attached hydrogens (primary N) is 1. The zero-order valence-electron chi connectivity index (χ0n) is 12.2. The van der Waals surface area contributed by atoms with Crippen LogP contribution in [0.2, 0.25) is 0 Å². The van der Waals surface area contributed by atoms with Crippen LogP contribution in [-0.4, -0.2) is 17.6 Å². The van der Waals surface area contributed by atoms with Gasteiger partial charge >= 0.3 is 5.97 Å². The Morgan fingerprint density at radius 2 is 1.90 bits per heavy atom. The summed E-state index contributed by atoms with van der Waals surface area (Å²) in [6.45, 7) is 9.51. The highest BCUT2D eigenvalue weighted by atomic mass is 19.1. The Kier molecular flexibility index (Phi) is 3.19. The molecule has 0 saturated heterocycles.